The maximum Gasteiger partial charge on any atom is 0.234 e. The van der Waals surface area contributed by atoms with Crippen LogP contribution in [0.4, 0.5) is 5.69 Å². The zero-order valence-corrected chi connectivity index (χ0v) is 16.4. The molecule has 2 aromatic carbocycles. The number of hydrogen-bond donors (Lipinski definition) is 1. The fourth-order valence-electron chi connectivity index (χ4n) is 2.38. The van der Waals surface area contributed by atoms with Gasteiger partial charge < -0.3 is 5.32 Å². The Morgan fingerprint density at radius 1 is 1.20 bits per heavy atom. The van der Waals surface area contributed by atoms with Crippen molar-refractivity contribution in [3.05, 3.63) is 70.5 Å². The molecule has 1 heterocycles. The van der Waals surface area contributed by atoms with Crippen LogP contribution < -0.4 is 5.32 Å². The predicted molar refractivity (Wildman–Crippen MR) is 107 cm³/mol. The molecule has 0 aliphatic rings. The second-order valence-electron chi connectivity index (χ2n) is 5.71. The van der Waals surface area contributed by atoms with Gasteiger partial charge in [-0.2, -0.15) is 0 Å². The van der Waals surface area contributed by atoms with Crippen molar-refractivity contribution in [2.24, 2.45) is 0 Å². The number of nitrogens with one attached hydrogen (secondary N) is 1. The molecule has 0 saturated carbocycles. The van der Waals surface area contributed by atoms with Crippen LogP contribution in [0.25, 0.3) is 5.69 Å². The van der Waals surface area contributed by atoms with Crippen LogP contribution in [-0.2, 0) is 4.79 Å². The summed E-state index contributed by atoms with van der Waals surface area (Å²) in [6, 6.07) is 14.0. The first-order chi connectivity index (χ1) is 12.0. The molecule has 0 aliphatic heterocycles. The lowest BCUT2D eigenvalue weighted by molar-refractivity contribution is -0.113. The average Bonchev–Trinajstić information content (AvgIpc) is 3.05. The van der Waals surface area contributed by atoms with Crippen LogP contribution in [0, 0.1) is 13.8 Å². The monoisotopic (exact) mass is 415 g/mol. The quantitative estimate of drug-likeness (QED) is 0.597. The number of aromatic nitrogens is 2. The summed E-state index contributed by atoms with van der Waals surface area (Å²) in [7, 11) is 0. The summed E-state index contributed by atoms with van der Waals surface area (Å²) in [4.78, 5) is 16.6. The van der Waals surface area contributed by atoms with Crippen molar-refractivity contribution >= 4 is 39.3 Å². The van der Waals surface area contributed by atoms with Gasteiger partial charge in [-0.05, 0) is 55.3 Å². The molecule has 128 valence electrons. The van der Waals surface area contributed by atoms with Crippen LogP contribution in [0.3, 0.4) is 0 Å². The Morgan fingerprint density at radius 3 is 2.72 bits per heavy atom. The predicted octanol–water partition coefficient (Wildman–Crippen LogP) is 4.98. The number of aryl methyl sites for hydroxylation is 2. The van der Waals surface area contributed by atoms with Crippen LogP contribution in [0.1, 0.15) is 11.1 Å². The third-order valence-electron chi connectivity index (χ3n) is 3.71. The highest BCUT2D eigenvalue weighted by molar-refractivity contribution is 9.10. The van der Waals surface area contributed by atoms with Gasteiger partial charge in [0.1, 0.15) is 0 Å². The van der Waals surface area contributed by atoms with Crippen LogP contribution in [-0.4, -0.2) is 21.2 Å². The number of nitrogens with zero attached hydrogens (tertiary/aromatic N) is 2. The fourth-order valence-corrected chi connectivity index (χ4v) is 3.42. The van der Waals surface area contributed by atoms with Gasteiger partial charge in [-0.15, -0.1) is 0 Å². The highest BCUT2D eigenvalue weighted by Crippen LogP contribution is 2.23. The van der Waals surface area contributed by atoms with Crippen molar-refractivity contribution in [2.75, 3.05) is 11.1 Å². The topological polar surface area (TPSA) is 46.9 Å². The number of hydrogen-bond acceptors (Lipinski definition) is 3. The molecule has 3 rings (SSSR count). The first kappa shape index (κ1) is 17.8. The van der Waals surface area contributed by atoms with E-state index in [-0.39, 0.29) is 5.91 Å². The molecule has 0 bridgehead atoms. The Hall–Kier alpha value is -2.05. The fraction of sp³-hybridized carbons (Fsp3) is 0.158. The van der Waals surface area contributed by atoms with E-state index >= 15 is 0 Å². The highest BCUT2D eigenvalue weighted by Gasteiger charge is 2.10. The zero-order valence-electron chi connectivity index (χ0n) is 14.0. The van der Waals surface area contributed by atoms with Crippen molar-refractivity contribution in [3.63, 3.8) is 0 Å². The van der Waals surface area contributed by atoms with Crippen LogP contribution in [0.5, 0.6) is 0 Å². The van der Waals surface area contributed by atoms with Gasteiger partial charge in [0, 0.05) is 28.2 Å². The van der Waals surface area contributed by atoms with Gasteiger partial charge in [-0.1, -0.05) is 39.8 Å². The standard InChI is InChI=1S/C19H18BrN3OS/c1-13-3-4-14(2)17(11-13)22-18(24)12-25-19-21-9-10-23(19)16-7-5-15(20)6-8-16/h3-11H,12H2,1-2H3,(H,22,24). The van der Waals surface area contributed by atoms with Gasteiger partial charge >= 0.3 is 0 Å². The molecule has 6 heteroatoms. The molecule has 1 amide bonds. The minimum atomic E-state index is -0.0379. The van der Waals surface area contributed by atoms with Crippen molar-refractivity contribution in [1.29, 1.82) is 0 Å². The van der Waals surface area contributed by atoms with E-state index in [2.05, 4.69) is 26.2 Å². The highest BCUT2D eigenvalue weighted by atomic mass is 79.9. The molecular formula is C19H18BrN3OS. The van der Waals surface area contributed by atoms with Crippen molar-refractivity contribution in [2.45, 2.75) is 19.0 Å². The molecular weight excluding hydrogens is 398 g/mol. The van der Waals surface area contributed by atoms with Gasteiger partial charge in [-0.3, -0.25) is 9.36 Å². The van der Waals surface area contributed by atoms with Gasteiger partial charge in [0.2, 0.25) is 5.91 Å². The van der Waals surface area contributed by atoms with Crippen LogP contribution in [0.2, 0.25) is 0 Å². The Balaban J connectivity index is 1.66. The largest absolute Gasteiger partial charge is 0.325 e. The smallest absolute Gasteiger partial charge is 0.234 e. The summed E-state index contributed by atoms with van der Waals surface area (Å²) in [6.45, 7) is 4.00. The lowest BCUT2D eigenvalue weighted by Crippen LogP contribution is -2.15. The summed E-state index contributed by atoms with van der Waals surface area (Å²) in [5, 5.41) is 3.77. The van der Waals surface area contributed by atoms with Crippen molar-refractivity contribution in [3.8, 4) is 5.69 Å². The van der Waals surface area contributed by atoms with Crippen molar-refractivity contribution in [1.82, 2.24) is 9.55 Å². The second kappa shape index (κ2) is 7.89. The second-order valence-corrected chi connectivity index (χ2v) is 7.57. The Kier molecular flexibility index (Phi) is 5.60. The minimum absolute atomic E-state index is 0.0379. The maximum absolute atomic E-state index is 12.3. The van der Waals surface area contributed by atoms with Crippen molar-refractivity contribution < 1.29 is 4.79 Å². The van der Waals surface area contributed by atoms with Gasteiger partial charge in [0.05, 0.1) is 5.75 Å². The Bertz CT molecular complexity index is 890. The molecule has 1 N–H and O–H groups in total. The number of halogens is 1. The molecule has 0 aliphatic carbocycles. The molecule has 25 heavy (non-hydrogen) atoms. The SMILES string of the molecule is Cc1ccc(C)c(NC(=O)CSc2nccn2-c2ccc(Br)cc2)c1. The third kappa shape index (κ3) is 4.52. The number of imidazole rings is 1. The van der Waals surface area contributed by atoms with E-state index in [4.69, 9.17) is 0 Å². The normalized spacial score (nSPS) is 10.7. The summed E-state index contributed by atoms with van der Waals surface area (Å²) in [5.74, 6) is 0.269. The molecule has 0 spiro atoms. The van der Waals surface area contributed by atoms with Gasteiger partial charge in [-0.25, -0.2) is 4.98 Å². The number of thioether (sulfide) groups is 1. The van der Waals surface area contributed by atoms with E-state index in [0.717, 1.165) is 32.1 Å². The molecule has 0 atom stereocenters. The number of benzene rings is 2. The Labute approximate surface area is 159 Å². The molecule has 4 nitrogen and oxygen atoms in total. The van der Waals surface area contributed by atoms with E-state index in [9.17, 15) is 4.79 Å². The van der Waals surface area contributed by atoms with Gasteiger partial charge in [0.15, 0.2) is 5.16 Å². The van der Waals surface area contributed by atoms with E-state index in [0.29, 0.717) is 5.75 Å². The lowest BCUT2D eigenvalue weighted by Gasteiger charge is -2.10. The van der Waals surface area contributed by atoms with E-state index in [1.165, 1.54) is 11.8 Å². The zero-order chi connectivity index (χ0) is 17.8. The molecule has 0 saturated heterocycles. The summed E-state index contributed by atoms with van der Waals surface area (Å²) in [5.41, 5.74) is 4.06. The molecule has 3 aromatic rings. The number of amides is 1. The third-order valence-corrected chi connectivity index (χ3v) is 5.21. The minimum Gasteiger partial charge on any atom is -0.325 e. The molecule has 0 fully saturated rings. The number of rotatable bonds is 5. The molecule has 1 aromatic heterocycles. The molecule has 0 radical (unpaired) electrons. The summed E-state index contributed by atoms with van der Waals surface area (Å²) >= 11 is 4.85. The average molecular weight is 416 g/mol. The first-order valence-electron chi connectivity index (χ1n) is 7.82. The van der Waals surface area contributed by atoms with Gasteiger partial charge in [0.25, 0.3) is 0 Å². The number of anilines is 1. The lowest BCUT2D eigenvalue weighted by atomic mass is 10.1. The number of carbonyl (C=O) groups is 1. The van der Waals surface area contributed by atoms with E-state index < -0.39 is 0 Å². The summed E-state index contributed by atoms with van der Waals surface area (Å²) in [6.07, 6.45) is 3.64. The summed E-state index contributed by atoms with van der Waals surface area (Å²) < 4.78 is 3.00. The Morgan fingerprint density at radius 2 is 1.96 bits per heavy atom. The number of carbonyl (C=O) groups excluding carboxylic acids is 1. The molecule has 0 unspecified atom stereocenters. The van der Waals surface area contributed by atoms with Crippen LogP contribution >= 0.6 is 27.7 Å². The van der Waals surface area contributed by atoms with Crippen LogP contribution in [0.15, 0.2) is 64.5 Å². The maximum atomic E-state index is 12.3. The van der Waals surface area contributed by atoms with E-state index in [1.54, 1.807) is 6.20 Å². The first-order valence-corrected chi connectivity index (χ1v) is 9.60. The van der Waals surface area contributed by atoms with E-state index in [1.807, 2.05) is 67.1 Å².